The molecule has 0 aromatic rings. The summed E-state index contributed by atoms with van der Waals surface area (Å²) in [5.41, 5.74) is 0. The highest BCUT2D eigenvalue weighted by atomic mass is 16.6. The Morgan fingerprint density at radius 2 is 2.29 bits per heavy atom. The Morgan fingerprint density at radius 3 is 3.06 bits per heavy atom. The van der Waals surface area contributed by atoms with Crippen molar-refractivity contribution < 1.29 is 28.6 Å². The number of carbonyl (C=O) groups is 3. The van der Waals surface area contributed by atoms with Gasteiger partial charge in [-0.2, -0.15) is 0 Å². The van der Waals surface area contributed by atoms with Crippen LogP contribution in [0.4, 0.5) is 0 Å². The molecule has 1 aliphatic heterocycles. The van der Waals surface area contributed by atoms with Crippen LogP contribution in [0.25, 0.3) is 0 Å². The first-order valence-electron chi connectivity index (χ1n) is 5.66. The topological polar surface area (TPSA) is 78.9 Å². The van der Waals surface area contributed by atoms with Crippen LogP contribution in [0, 0.1) is 17.8 Å². The van der Waals surface area contributed by atoms with Crippen molar-refractivity contribution in [2.45, 2.75) is 25.0 Å². The van der Waals surface area contributed by atoms with Crippen molar-refractivity contribution in [2.75, 3.05) is 6.61 Å². The monoisotopic (exact) mass is 240 g/mol. The summed E-state index contributed by atoms with van der Waals surface area (Å²) in [6.07, 6.45) is 0.983. The average Bonchev–Trinajstić information content (AvgIpc) is 2.90. The molecule has 0 aromatic carbocycles. The van der Waals surface area contributed by atoms with E-state index in [1.54, 1.807) is 0 Å². The van der Waals surface area contributed by atoms with E-state index in [2.05, 4.69) is 4.74 Å². The Hall–Kier alpha value is -1.59. The fourth-order valence-electron chi connectivity index (χ4n) is 3.35. The molecular formula is C11H12O6. The summed E-state index contributed by atoms with van der Waals surface area (Å²) in [5.74, 6) is -0.329. The lowest BCUT2D eigenvalue weighted by atomic mass is 9.88. The van der Waals surface area contributed by atoms with Crippen molar-refractivity contribution in [3.63, 3.8) is 0 Å². The molecule has 0 radical (unpaired) electrons. The number of fused-ring (bicyclic) bond motifs is 1. The molecule has 17 heavy (non-hydrogen) atoms. The van der Waals surface area contributed by atoms with E-state index in [9.17, 15) is 14.4 Å². The highest BCUT2D eigenvalue weighted by Gasteiger charge is 2.63. The SMILES string of the molecule is O=COCC(=O)OC1C2CC3C(=O)OC1C3C2. The molecule has 1 saturated heterocycles. The molecule has 0 N–H and O–H groups in total. The molecule has 2 bridgehead atoms. The minimum atomic E-state index is -0.589. The molecule has 0 aromatic heterocycles. The predicted molar refractivity (Wildman–Crippen MR) is 51.5 cm³/mol. The predicted octanol–water partition coefficient (Wildman–Crippen LogP) is -0.347. The third kappa shape index (κ3) is 1.50. The van der Waals surface area contributed by atoms with Crippen LogP contribution in [0.15, 0.2) is 0 Å². The summed E-state index contributed by atoms with van der Waals surface area (Å²) in [5, 5.41) is 0. The largest absolute Gasteiger partial charge is 0.458 e. The van der Waals surface area contributed by atoms with Gasteiger partial charge in [-0.3, -0.25) is 9.59 Å². The van der Waals surface area contributed by atoms with E-state index in [0.29, 0.717) is 0 Å². The lowest BCUT2D eigenvalue weighted by Crippen LogP contribution is -2.36. The average molecular weight is 240 g/mol. The first-order chi connectivity index (χ1) is 8.20. The van der Waals surface area contributed by atoms with Gasteiger partial charge < -0.3 is 14.2 Å². The molecule has 0 spiro atoms. The second-order valence-electron chi connectivity index (χ2n) is 4.77. The molecule has 92 valence electrons. The van der Waals surface area contributed by atoms with Crippen molar-refractivity contribution in [3.8, 4) is 0 Å². The maximum Gasteiger partial charge on any atom is 0.344 e. The van der Waals surface area contributed by atoms with Crippen molar-refractivity contribution >= 4 is 18.4 Å². The standard InChI is InChI=1S/C11H12O6/c12-4-15-3-8(13)16-9-5-1-6-7(2-5)11(14)17-10(6)9/h4-7,9-10H,1-3H2. The molecule has 0 amide bonds. The van der Waals surface area contributed by atoms with Crippen LogP contribution < -0.4 is 0 Å². The lowest BCUT2D eigenvalue weighted by molar-refractivity contribution is -0.167. The summed E-state index contributed by atoms with van der Waals surface area (Å²) >= 11 is 0. The van der Waals surface area contributed by atoms with Gasteiger partial charge in [0.1, 0.15) is 12.2 Å². The van der Waals surface area contributed by atoms with Crippen LogP contribution in [-0.4, -0.2) is 37.2 Å². The maximum atomic E-state index is 11.5. The molecule has 3 rings (SSSR count). The van der Waals surface area contributed by atoms with Crippen LogP contribution in [-0.2, 0) is 28.6 Å². The quantitative estimate of drug-likeness (QED) is 0.380. The molecule has 6 heteroatoms. The second kappa shape index (κ2) is 3.72. The summed E-state index contributed by atoms with van der Waals surface area (Å²) in [6, 6.07) is 0. The van der Waals surface area contributed by atoms with E-state index >= 15 is 0 Å². The normalized spacial score (nSPS) is 41.2. The van der Waals surface area contributed by atoms with E-state index in [-0.39, 0.29) is 49.0 Å². The number of carbonyl (C=O) groups excluding carboxylic acids is 3. The van der Waals surface area contributed by atoms with Gasteiger partial charge in [-0.05, 0) is 12.8 Å². The number of ether oxygens (including phenoxy) is 3. The van der Waals surface area contributed by atoms with Crippen molar-refractivity contribution in [1.82, 2.24) is 0 Å². The van der Waals surface area contributed by atoms with Crippen LogP contribution in [0.1, 0.15) is 12.8 Å². The van der Waals surface area contributed by atoms with Crippen molar-refractivity contribution in [3.05, 3.63) is 0 Å². The highest BCUT2D eigenvalue weighted by Crippen LogP contribution is 2.55. The Balaban J connectivity index is 1.64. The van der Waals surface area contributed by atoms with E-state index in [1.807, 2.05) is 0 Å². The van der Waals surface area contributed by atoms with E-state index in [4.69, 9.17) is 9.47 Å². The zero-order valence-corrected chi connectivity index (χ0v) is 9.03. The zero-order valence-electron chi connectivity index (χ0n) is 9.03. The molecule has 3 fully saturated rings. The first kappa shape index (κ1) is 10.6. The summed E-state index contributed by atoms with van der Waals surface area (Å²) in [4.78, 5) is 32.8. The van der Waals surface area contributed by atoms with Crippen LogP contribution >= 0.6 is 0 Å². The highest BCUT2D eigenvalue weighted by molar-refractivity contribution is 5.77. The minimum Gasteiger partial charge on any atom is -0.458 e. The Kier molecular flexibility index (Phi) is 2.31. The molecule has 1 heterocycles. The van der Waals surface area contributed by atoms with Gasteiger partial charge in [0.25, 0.3) is 6.47 Å². The molecule has 5 unspecified atom stereocenters. The molecule has 2 saturated carbocycles. The third-order valence-corrected chi connectivity index (χ3v) is 3.95. The molecule has 3 aliphatic rings. The minimum absolute atomic E-state index is 0.00572. The Labute approximate surface area is 97.2 Å². The van der Waals surface area contributed by atoms with Gasteiger partial charge in [0, 0.05) is 11.8 Å². The van der Waals surface area contributed by atoms with Crippen molar-refractivity contribution in [1.29, 1.82) is 0 Å². The fourth-order valence-corrected chi connectivity index (χ4v) is 3.35. The molecular weight excluding hydrogens is 228 g/mol. The van der Waals surface area contributed by atoms with Gasteiger partial charge >= 0.3 is 11.9 Å². The van der Waals surface area contributed by atoms with Gasteiger partial charge in [-0.25, -0.2) is 4.79 Å². The number of esters is 2. The fraction of sp³-hybridized carbons (Fsp3) is 0.727. The molecule has 5 atom stereocenters. The van der Waals surface area contributed by atoms with Crippen LogP contribution in [0.3, 0.4) is 0 Å². The number of rotatable bonds is 4. The maximum absolute atomic E-state index is 11.5. The van der Waals surface area contributed by atoms with E-state index < -0.39 is 5.97 Å². The van der Waals surface area contributed by atoms with Gasteiger partial charge in [-0.1, -0.05) is 0 Å². The Bertz CT molecular complexity index is 378. The second-order valence-corrected chi connectivity index (χ2v) is 4.77. The number of hydrogen-bond acceptors (Lipinski definition) is 6. The first-order valence-corrected chi connectivity index (χ1v) is 5.66. The van der Waals surface area contributed by atoms with Gasteiger partial charge in [0.15, 0.2) is 6.61 Å². The van der Waals surface area contributed by atoms with Gasteiger partial charge in [0.05, 0.1) is 5.92 Å². The van der Waals surface area contributed by atoms with Crippen LogP contribution in [0.2, 0.25) is 0 Å². The Morgan fingerprint density at radius 1 is 1.47 bits per heavy atom. The van der Waals surface area contributed by atoms with Gasteiger partial charge in [-0.15, -0.1) is 0 Å². The lowest BCUT2D eigenvalue weighted by Gasteiger charge is -2.24. The van der Waals surface area contributed by atoms with Crippen LogP contribution in [0.5, 0.6) is 0 Å². The van der Waals surface area contributed by atoms with E-state index in [1.165, 1.54) is 0 Å². The zero-order chi connectivity index (χ0) is 12.0. The van der Waals surface area contributed by atoms with Crippen molar-refractivity contribution in [2.24, 2.45) is 17.8 Å². The third-order valence-electron chi connectivity index (χ3n) is 3.95. The van der Waals surface area contributed by atoms with E-state index in [0.717, 1.165) is 12.8 Å². The summed E-state index contributed by atoms with van der Waals surface area (Å²) in [6.45, 7) is -0.185. The molecule has 2 aliphatic carbocycles. The number of hydrogen-bond donors (Lipinski definition) is 0. The van der Waals surface area contributed by atoms with Gasteiger partial charge in [0.2, 0.25) is 0 Å². The smallest absolute Gasteiger partial charge is 0.344 e. The summed E-state index contributed by atoms with van der Waals surface area (Å²) < 4.78 is 14.8. The summed E-state index contributed by atoms with van der Waals surface area (Å²) in [7, 11) is 0. The molecule has 6 nitrogen and oxygen atoms in total.